The van der Waals surface area contributed by atoms with E-state index in [-0.39, 0.29) is 11.7 Å². The maximum atomic E-state index is 12.6. The monoisotopic (exact) mass is 469 g/mol. The summed E-state index contributed by atoms with van der Waals surface area (Å²) in [6.07, 6.45) is 0.302. The predicted octanol–water partition coefficient (Wildman–Crippen LogP) is 2.28. The van der Waals surface area contributed by atoms with Crippen LogP contribution in [0.4, 0.5) is 0 Å². The van der Waals surface area contributed by atoms with Gasteiger partial charge in [0.2, 0.25) is 0 Å². The van der Waals surface area contributed by atoms with Crippen molar-refractivity contribution >= 4 is 50.3 Å². The molecule has 0 atom stereocenters. The molecule has 1 amide bonds. The van der Waals surface area contributed by atoms with Crippen molar-refractivity contribution in [2.24, 2.45) is 10.9 Å². The molecule has 21 heavy (non-hydrogen) atoms. The van der Waals surface area contributed by atoms with E-state index >= 15 is 0 Å². The van der Waals surface area contributed by atoms with E-state index in [0.717, 1.165) is 8.04 Å². The Bertz CT molecular complexity index is 525. The van der Waals surface area contributed by atoms with E-state index in [9.17, 15) is 4.79 Å². The van der Waals surface area contributed by atoms with E-state index in [1.165, 1.54) is 0 Å². The number of halogens is 2. The first-order valence-corrected chi connectivity index (χ1v) is 8.06. The third-order valence-corrected chi connectivity index (χ3v) is 4.21. The smallest absolute Gasteiger partial charge is 0.255 e. The van der Waals surface area contributed by atoms with Crippen LogP contribution in [0, 0.1) is 3.57 Å². The lowest BCUT2D eigenvalue weighted by Crippen LogP contribution is -2.37. The van der Waals surface area contributed by atoms with Crippen molar-refractivity contribution in [3.63, 3.8) is 0 Å². The summed E-state index contributed by atoms with van der Waals surface area (Å²) in [4.78, 5) is 14.3. The van der Waals surface area contributed by atoms with Gasteiger partial charge in [0.1, 0.15) is 5.84 Å². The summed E-state index contributed by atoms with van der Waals surface area (Å²) in [7, 11) is 1.58. The lowest BCUT2D eigenvalue weighted by molar-refractivity contribution is 0.0699. The van der Waals surface area contributed by atoms with Crippen LogP contribution in [-0.4, -0.2) is 48.7 Å². The largest absolute Gasteiger partial charge is 0.409 e. The molecule has 0 aliphatic heterocycles. The Morgan fingerprint density at radius 2 is 2.24 bits per heavy atom. The first-order valence-electron chi connectivity index (χ1n) is 6.19. The van der Waals surface area contributed by atoms with E-state index in [1.54, 1.807) is 18.1 Å². The second-order valence-corrected chi connectivity index (χ2v) is 6.33. The zero-order valence-electron chi connectivity index (χ0n) is 11.6. The third-order valence-electron chi connectivity index (χ3n) is 2.78. The fraction of sp³-hybridized carbons (Fsp3) is 0.385. The van der Waals surface area contributed by atoms with Crippen LogP contribution in [0.15, 0.2) is 27.8 Å². The van der Waals surface area contributed by atoms with Crippen LogP contribution in [0.3, 0.4) is 0 Å². The Kier molecular flexibility index (Phi) is 7.97. The third kappa shape index (κ3) is 5.79. The number of hydrogen-bond acceptors (Lipinski definition) is 4. The number of hydrogen-bond donors (Lipinski definition) is 2. The number of ether oxygens (including phenoxy) is 1. The van der Waals surface area contributed by atoms with Crippen LogP contribution < -0.4 is 5.73 Å². The van der Waals surface area contributed by atoms with Crippen molar-refractivity contribution in [2.75, 3.05) is 26.8 Å². The number of oxime groups is 1. The molecule has 0 spiro atoms. The van der Waals surface area contributed by atoms with Gasteiger partial charge in [0.25, 0.3) is 5.91 Å². The van der Waals surface area contributed by atoms with Crippen LogP contribution in [0.1, 0.15) is 16.8 Å². The molecule has 6 nitrogen and oxygen atoms in total. The number of benzene rings is 1. The molecule has 1 rings (SSSR count). The van der Waals surface area contributed by atoms with Crippen LogP contribution in [0.25, 0.3) is 0 Å². The van der Waals surface area contributed by atoms with E-state index in [0.29, 0.717) is 31.7 Å². The summed E-state index contributed by atoms with van der Waals surface area (Å²) in [5.41, 5.74) is 6.08. The molecule has 1 aromatic rings. The van der Waals surface area contributed by atoms with E-state index < -0.39 is 0 Å². The Labute approximate surface area is 145 Å². The molecular formula is C13H17BrIN3O3. The van der Waals surface area contributed by atoms with E-state index in [4.69, 9.17) is 15.7 Å². The Hall–Kier alpha value is -0.870. The van der Waals surface area contributed by atoms with Gasteiger partial charge in [0, 0.05) is 34.7 Å². The molecule has 0 heterocycles. The molecule has 0 bridgehead atoms. The molecule has 1 aromatic carbocycles. The minimum absolute atomic E-state index is 0.0918. The minimum Gasteiger partial charge on any atom is -0.409 e. The highest BCUT2D eigenvalue weighted by Crippen LogP contribution is 2.20. The molecule has 0 unspecified atom stereocenters. The first kappa shape index (κ1) is 18.2. The van der Waals surface area contributed by atoms with Crippen LogP contribution in [0.5, 0.6) is 0 Å². The summed E-state index contributed by atoms with van der Waals surface area (Å²) in [6.45, 7) is 1.23. The zero-order valence-corrected chi connectivity index (χ0v) is 15.3. The van der Waals surface area contributed by atoms with Crippen molar-refractivity contribution < 1.29 is 14.7 Å². The van der Waals surface area contributed by atoms with E-state index in [2.05, 4.69) is 43.7 Å². The fourth-order valence-electron chi connectivity index (χ4n) is 1.65. The SMILES string of the molecule is COCCN(CC/C(N)=N/O)C(=O)c1cc(Br)ccc1I. The van der Waals surface area contributed by atoms with Gasteiger partial charge < -0.3 is 20.6 Å². The van der Waals surface area contributed by atoms with Crippen molar-refractivity contribution in [1.29, 1.82) is 0 Å². The van der Waals surface area contributed by atoms with Crippen molar-refractivity contribution in [1.82, 2.24) is 4.90 Å². The maximum Gasteiger partial charge on any atom is 0.255 e. The first-order chi connectivity index (χ1) is 9.99. The molecule has 0 aromatic heterocycles. The molecule has 0 aliphatic rings. The average molecular weight is 470 g/mol. The predicted molar refractivity (Wildman–Crippen MR) is 92.7 cm³/mol. The quantitative estimate of drug-likeness (QED) is 0.211. The maximum absolute atomic E-state index is 12.6. The minimum atomic E-state index is -0.108. The molecule has 8 heteroatoms. The van der Waals surface area contributed by atoms with Gasteiger partial charge in [0.05, 0.1) is 12.2 Å². The highest BCUT2D eigenvalue weighted by Gasteiger charge is 2.18. The Balaban J connectivity index is 2.90. The molecule has 0 radical (unpaired) electrons. The number of methoxy groups -OCH3 is 1. The number of amides is 1. The summed E-state index contributed by atoms with van der Waals surface area (Å²) in [5, 5.41) is 11.5. The highest BCUT2D eigenvalue weighted by atomic mass is 127. The second kappa shape index (κ2) is 9.21. The van der Waals surface area contributed by atoms with Crippen molar-refractivity contribution in [3.05, 3.63) is 31.8 Å². The number of carbonyl (C=O) groups excluding carboxylic acids is 1. The van der Waals surface area contributed by atoms with Gasteiger partial charge >= 0.3 is 0 Å². The molecule has 116 valence electrons. The Morgan fingerprint density at radius 3 is 2.86 bits per heavy atom. The summed E-state index contributed by atoms with van der Waals surface area (Å²) >= 11 is 5.49. The number of carbonyl (C=O) groups is 1. The number of nitrogens with two attached hydrogens (primary N) is 1. The van der Waals surface area contributed by atoms with Crippen LogP contribution in [0.2, 0.25) is 0 Å². The van der Waals surface area contributed by atoms with Crippen LogP contribution in [-0.2, 0) is 4.74 Å². The zero-order chi connectivity index (χ0) is 15.8. The Morgan fingerprint density at radius 1 is 1.52 bits per heavy atom. The van der Waals surface area contributed by atoms with Gasteiger partial charge in [0.15, 0.2) is 0 Å². The molecule has 0 fully saturated rings. The molecule has 0 saturated carbocycles. The standard InChI is InChI=1S/C13H17BrIN3O3/c1-21-7-6-18(5-4-12(16)17-20)13(19)10-8-9(14)2-3-11(10)15/h2-3,8,20H,4-7H2,1H3,(H2,16,17). The summed E-state index contributed by atoms with van der Waals surface area (Å²) in [5.74, 6) is -0.0161. The van der Waals surface area contributed by atoms with Gasteiger partial charge in [-0.15, -0.1) is 0 Å². The van der Waals surface area contributed by atoms with Crippen LogP contribution >= 0.6 is 38.5 Å². The number of nitrogens with zero attached hydrogens (tertiary/aromatic N) is 2. The normalized spacial score (nSPS) is 11.5. The topological polar surface area (TPSA) is 88.2 Å². The average Bonchev–Trinajstić information content (AvgIpc) is 2.48. The molecular weight excluding hydrogens is 453 g/mol. The van der Waals surface area contributed by atoms with Gasteiger partial charge in [-0.25, -0.2) is 0 Å². The molecule has 3 N–H and O–H groups in total. The summed E-state index contributed by atoms with van der Waals surface area (Å²) in [6, 6.07) is 5.54. The van der Waals surface area contributed by atoms with Crippen molar-refractivity contribution in [3.8, 4) is 0 Å². The van der Waals surface area contributed by atoms with Gasteiger partial charge in [-0.1, -0.05) is 21.1 Å². The highest BCUT2D eigenvalue weighted by molar-refractivity contribution is 14.1. The van der Waals surface area contributed by atoms with Gasteiger partial charge in [-0.05, 0) is 40.8 Å². The lowest BCUT2D eigenvalue weighted by atomic mass is 10.2. The van der Waals surface area contributed by atoms with Crippen molar-refractivity contribution in [2.45, 2.75) is 6.42 Å². The van der Waals surface area contributed by atoms with Gasteiger partial charge in [-0.2, -0.15) is 0 Å². The molecule has 0 saturated heterocycles. The van der Waals surface area contributed by atoms with E-state index in [1.807, 2.05) is 12.1 Å². The fourth-order valence-corrected chi connectivity index (χ4v) is 2.57. The second-order valence-electron chi connectivity index (χ2n) is 4.25. The number of amidine groups is 1. The summed E-state index contributed by atoms with van der Waals surface area (Å²) < 4.78 is 6.74. The molecule has 0 aliphatic carbocycles. The lowest BCUT2D eigenvalue weighted by Gasteiger charge is -2.23. The van der Waals surface area contributed by atoms with Gasteiger partial charge in [-0.3, -0.25) is 4.79 Å². The number of rotatable bonds is 7.